The zero-order valence-corrected chi connectivity index (χ0v) is 10.8. The first-order chi connectivity index (χ1) is 8.83. The largest absolute Gasteiger partial charge is 0.441 e. The molecule has 18 heavy (non-hydrogen) atoms. The molecule has 0 saturated carbocycles. The van der Waals surface area contributed by atoms with Gasteiger partial charge in [-0.15, -0.1) is 0 Å². The van der Waals surface area contributed by atoms with Crippen LogP contribution in [0.25, 0.3) is 11.1 Å². The van der Waals surface area contributed by atoms with Gasteiger partial charge in [-0.05, 0) is 18.1 Å². The van der Waals surface area contributed by atoms with Gasteiger partial charge in [-0.2, -0.15) is 0 Å². The van der Waals surface area contributed by atoms with E-state index in [4.69, 9.17) is 4.42 Å². The molecule has 4 nitrogen and oxygen atoms in total. The summed E-state index contributed by atoms with van der Waals surface area (Å²) in [6.07, 6.45) is 1.03. The topological polar surface area (TPSA) is 41.3 Å². The van der Waals surface area contributed by atoms with E-state index in [2.05, 4.69) is 27.3 Å². The Balaban J connectivity index is 1.73. The number of oxazole rings is 1. The van der Waals surface area contributed by atoms with Gasteiger partial charge in [-0.25, -0.2) is 4.98 Å². The van der Waals surface area contributed by atoms with Gasteiger partial charge in [0.2, 0.25) is 0 Å². The van der Waals surface area contributed by atoms with Gasteiger partial charge in [0, 0.05) is 39.6 Å². The monoisotopic (exact) mass is 245 g/mol. The fourth-order valence-electron chi connectivity index (χ4n) is 2.53. The second kappa shape index (κ2) is 5.08. The molecule has 0 unspecified atom stereocenters. The Labute approximate surface area is 107 Å². The molecule has 96 valence electrons. The maximum absolute atomic E-state index is 5.70. The lowest BCUT2D eigenvalue weighted by molar-refractivity contribution is 0.244. The summed E-state index contributed by atoms with van der Waals surface area (Å²) >= 11 is 0. The average Bonchev–Trinajstić information content (AvgIpc) is 2.78. The molecule has 0 spiro atoms. The first-order valence-corrected chi connectivity index (χ1v) is 6.61. The predicted octanol–water partition coefficient (Wildman–Crippen LogP) is 1.58. The highest BCUT2D eigenvalue weighted by Gasteiger charge is 2.12. The Hall–Kier alpha value is -1.39. The molecule has 0 atom stereocenters. The van der Waals surface area contributed by atoms with E-state index >= 15 is 0 Å². The van der Waals surface area contributed by atoms with Gasteiger partial charge in [-0.3, -0.25) is 0 Å². The van der Waals surface area contributed by atoms with E-state index in [1.54, 1.807) is 0 Å². The maximum Gasteiger partial charge on any atom is 0.192 e. The van der Waals surface area contributed by atoms with Gasteiger partial charge < -0.3 is 14.6 Å². The Morgan fingerprint density at radius 1 is 1.33 bits per heavy atom. The van der Waals surface area contributed by atoms with E-state index in [9.17, 15) is 0 Å². The molecule has 0 amide bonds. The molecule has 1 aromatic carbocycles. The van der Waals surface area contributed by atoms with Crippen molar-refractivity contribution in [3.05, 3.63) is 29.7 Å². The summed E-state index contributed by atoms with van der Waals surface area (Å²) in [4.78, 5) is 6.88. The summed E-state index contributed by atoms with van der Waals surface area (Å²) in [5.41, 5.74) is 3.21. The first-order valence-electron chi connectivity index (χ1n) is 6.61. The highest BCUT2D eigenvalue weighted by Crippen LogP contribution is 2.20. The Morgan fingerprint density at radius 3 is 3.00 bits per heavy atom. The summed E-state index contributed by atoms with van der Waals surface area (Å²) in [6.45, 7) is 7.49. The average molecular weight is 245 g/mol. The number of benzene rings is 1. The van der Waals surface area contributed by atoms with Crippen molar-refractivity contribution in [2.45, 2.75) is 13.3 Å². The van der Waals surface area contributed by atoms with Gasteiger partial charge in [0.05, 0.1) is 0 Å². The second-order valence-corrected chi connectivity index (χ2v) is 4.84. The van der Waals surface area contributed by atoms with E-state index in [0.717, 1.165) is 56.1 Å². The summed E-state index contributed by atoms with van der Waals surface area (Å²) in [5.74, 6) is 0.750. The van der Waals surface area contributed by atoms with Crippen LogP contribution in [0.1, 0.15) is 11.5 Å². The third-order valence-corrected chi connectivity index (χ3v) is 3.51. The Morgan fingerprint density at radius 2 is 2.17 bits per heavy atom. The highest BCUT2D eigenvalue weighted by molar-refractivity contribution is 5.76. The van der Waals surface area contributed by atoms with Crippen molar-refractivity contribution >= 4 is 11.1 Å². The highest BCUT2D eigenvalue weighted by atomic mass is 16.3. The summed E-state index contributed by atoms with van der Waals surface area (Å²) in [6, 6.07) is 6.23. The lowest BCUT2D eigenvalue weighted by Gasteiger charge is -2.27. The van der Waals surface area contributed by atoms with Crippen LogP contribution in [0, 0.1) is 6.92 Å². The Kier molecular flexibility index (Phi) is 3.30. The molecule has 2 heterocycles. The minimum Gasteiger partial charge on any atom is -0.441 e. The van der Waals surface area contributed by atoms with E-state index in [1.807, 2.05) is 13.0 Å². The van der Waals surface area contributed by atoms with Gasteiger partial charge in [-0.1, -0.05) is 12.1 Å². The van der Waals surface area contributed by atoms with Crippen LogP contribution in [0.4, 0.5) is 0 Å². The lowest BCUT2D eigenvalue weighted by atomic mass is 10.1. The molecule has 1 saturated heterocycles. The van der Waals surface area contributed by atoms with Crippen LogP contribution in [0.5, 0.6) is 0 Å². The number of nitrogens with one attached hydrogen (secondary N) is 1. The van der Waals surface area contributed by atoms with Crippen molar-refractivity contribution < 1.29 is 4.42 Å². The quantitative estimate of drug-likeness (QED) is 0.891. The zero-order valence-electron chi connectivity index (χ0n) is 10.8. The lowest BCUT2D eigenvalue weighted by Crippen LogP contribution is -2.44. The van der Waals surface area contributed by atoms with Crippen molar-refractivity contribution in [1.82, 2.24) is 15.2 Å². The number of aromatic nitrogens is 1. The number of aryl methyl sites for hydroxylation is 1. The molecule has 2 aromatic rings. The van der Waals surface area contributed by atoms with Crippen molar-refractivity contribution in [2.75, 3.05) is 32.7 Å². The van der Waals surface area contributed by atoms with Crippen LogP contribution in [0.15, 0.2) is 22.6 Å². The van der Waals surface area contributed by atoms with Crippen molar-refractivity contribution in [3.63, 3.8) is 0 Å². The van der Waals surface area contributed by atoms with Crippen LogP contribution >= 0.6 is 0 Å². The number of fused-ring (bicyclic) bond motifs is 1. The van der Waals surface area contributed by atoms with Crippen LogP contribution in [0.3, 0.4) is 0 Å². The maximum atomic E-state index is 5.70. The summed E-state index contributed by atoms with van der Waals surface area (Å²) in [7, 11) is 0. The van der Waals surface area contributed by atoms with Crippen LogP contribution in [0.2, 0.25) is 0 Å². The van der Waals surface area contributed by atoms with Crippen LogP contribution in [-0.4, -0.2) is 42.6 Å². The molecule has 3 rings (SSSR count). The van der Waals surface area contributed by atoms with E-state index in [0.29, 0.717) is 0 Å². The minimum absolute atomic E-state index is 0.750. The second-order valence-electron chi connectivity index (χ2n) is 4.84. The number of hydrogen-bond acceptors (Lipinski definition) is 4. The van der Waals surface area contributed by atoms with Gasteiger partial charge in [0.15, 0.2) is 11.5 Å². The Bertz CT molecular complexity index is 529. The number of rotatable bonds is 3. The fraction of sp³-hybridized carbons (Fsp3) is 0.500. The zero-order chi connectivity index (χ0) is 12.4. The molecule has 0 aliphatic carbocycles. The molecule has 1 fully saturated rings. The third-order valence-electron chi connectivity index (χ3n) is 3.51. The molecular weight excluding hydrogens is 226 g/mol. The van der Waals surface area contributed by atoms with Gasteiger partial charge in [0.25, 0.3) is 0 Å². The third kappa shape index (κ3) is 2.40. The molecule has 1 aromatic heterocycles. The van der Waals surface area contributed by atoms with Crippen molar-refractivity contribution in [1.29, 1.82) is 0 Å². The molecule has 1 N–H and O–H groups in total. The first kappa shape index (κ1) is 11.7. The summed E-state index contributed by atoms with van der Waals surface area (Å²) in [5, 5.41) is 3.38. The predicted molar refractivity (Wildman–Crippen MR) is 71.8 cm³/mol. The molecular formula is C14H19N3O. The molecule has 0 bridgehead atoms. The van der Waals surface area contributed by atoms with Crippen LogP contribution in [-0.2, 0) is 6.42 Å². The van der Waals surface area contributed by atoms with Gasteiger partial charge >= 0.3 is 0 Å². The minimum atomic E-state index is 0.750. The molecule has 1 aliphatic rings. The van der Waals surface area contributed by atoms with E-state index < -0.39 is 0 Å². The van der Waals surface area contributed by atoms with E-state index in [-0.39, 0.29) is 0 Å². The smallest absolute Gasteiger partial charge is 0.192 e. The molecule has 4 heteroatoms. The standard InChI is InChI=1S/C14H19N3O/c1-11-16-13-4-2-3-12(14(13)18-11)5-8-17-9-6-15-7-10-17/h2-4,15H,5-10H2,1H3. The van der Waals surface area contributed by atoms with Crippen LogP contribution < -0.4 is 5.32 Å². The molecule has 0 radical (unpaired) electrons. The summed E-state index contributed by atoms with van der Waals surface area (Å²) < 4.78 is 5.70. The fourth-order valence-corrected chi connectivity index (χ4v) is 2.53. The van der Waals surface area contributed by atoms with Crippen molar-refractivity contribution in [2.24, 2.45) is 0 Å². The molecule has 1 aliphatic heterocycles. The van der Waals surface area contributed by atoms with E-state index in [1.165, 1.54) is 5.56 Å². The number of hydrogen-bond donors (Lipinski definition) is 1. The van der Waals surface area contributed by atoms with Crippen molar-refractivity contribution in [3.8, 4) is 0 Å². The number of nitrogens with zero attached hydrogens (tertiary/aromatic N) is 2. The number of piperazine rings is 1. The van der Waals surface area contributed by atoms with Gasteiger partial charge in [0.1, 0.15) is 5.52 Å². The number of para-hydroxylation sites is 1. The normalized spacial score (nSPS) is 17.4. The SMILES string of the molecule is Cc1nc2cccc(CCN3CCNCC3)c2o1.